The Morgan fingerprint density at radius 3 is 2.56 bits per heavy atom. The summed E-state index contributed by atoms with van der Waals surface area (Å²) in [6.45, 7) is 0. The van der Waals surface area contributed by atoms with Crippen LogP contribution in [0.25, 0.3) is 0 Å². The van der Waals surface area contributed by atoms with Crippen molar-refractivity contribution in [2.45, 2.75) is 0 Å². The maximum Gasteiger partial charge on any atom is 0.365 e. The molecule has 5 heteroatoms. The number of cyclic esters (lactones) is 1. The number of carbonyl (C=O) groups is 1. The van der Waals surface area contributed by atoms with E-state index in [0.29, 0.717) is 16.9 Å². The van der Waals surface area contributed by atoms with E-state index < -0.39 is 5.97 Å². The van der Waals surface area contributed by atoms with Crippen molar-refractivity contribution >= 4 is 27.8 Å². The third-order valence-electron chi connectivity index (χ3n) is 2.56. The molecule has 0 unspecified atom stereocenters. The molecule has 0 saturated heterocycles. The Balaban J connectivity index is 2.42. The molecule has 2 rings (SSSR count). The number of esters is 1. The number of hydrogen-bond donors (Lipinski definition) is 0. The third-order valence-corrected chi connectivity index (χ3v) is 3.09. The van der Waals surface area contributed by atoms with Gasteiger partial charge in [0, 0.05) is 25.0 Å². The number of benzene rings is 1. The Labute approximate surface area is 114 Å². The Morgan fingerprint density at radius 1 is 1.33 bits per heavy atom. The molecule has 1 aromatic rings. The van der Waals surface area contributed by atoms with Gasteiger partial charge in [-0.1, -0.05) is 34.1 Å². The Hall–Kier alpha value is -1.62. The van der Waals surface area contributed by atoms with E-state index >= 15 is 0 Å². The van der Waals surface area contributed by atoms with Crippen LogP contribution in [0.5, 0.6) is 0 Å². The predicted octanol–water partition coefficient (Wildman–Crippen LogP) is 2.16. The molecule has 0 atom stereocenters. The molecule has 0 saturated carbocycles. The Kier molecular flexibility index (Phi) is 3.81. The molecule has 1 aromatic carbocycles. The molecule has 0 aliphatic carbocycles. The van der Waals surface area contributed by atoms with Gasteiger partial charge in [0.05, 0.1) is 5.70 Å². The van der Waals surface area contributed by atoms with Crippen LogP contribution in [0, 0.1) is 0 Å². The van der Waals surface area contributed by atoms with Crippen molar-refractivity contribution in [3.8, 4) is 0 Å². The van der Waals surface area contributed by atoms with Gasteiger partial charge in [-0.05, 0) is 12.1 Å². The van der Waals surface area contributed by atoms with E-state index in [0.717, 1.165) is 11.3 Å². The fourth-order valence-corrected chi connectivity index (χ4v) is 2.35. The normalized spacial score (nSPS) is 17.3. The molecule has 0 fully saturated rings. The monoisotopic (exact) mass is 308 g/mol. The third kappa shape index (κ3) is 2.46. The topological polar surface area (TPSA) is 41.9 Å². The van der Waals surface area contributed by atoms with Crippen LogP contribution in [0.15, 0.2) is 46.7 Å². The van der Waals surface area contributed by atoms with E-state index in [1.54, 1.807) is 0 Å². The molecule has 4 nitrogen and oxygen atoms in total. The lowest BCUT2D eigenvalue weighted by molar-refractivity contribution is -0.130. The molecule has 1 heterocycles. The summed E-state index contributed by atoms with van der Waals surface area (Å²) in [4.78, 5) is 18.0. The minimum atomic E-state index is -0.406. The molecule has 0 aromatic heterocycles. The van der Waals surface area contributed by atoms with Gasteiger partial charge in [-0.25, -0.2) is 9.79 Å². The zero-order valence-corrected chi connectivity index (χ0v) is 11.8. The van der Waals surface area contributed by atoms with E-state index in [1.807, 2.05) is 49.3 Å². The highest BCUT2D eigenvalue weighted by atomic mass is 79.9. The predicted molar refractivity (Wildman–Crippen MR) is 73.6 cm³/mol. The minimum Gasteiger partial charge on any atom is -0.402 e. The van der Waals surface area contributed by atoms with E-state index in [1.165, 1.54) is 0 Å². The molecule has 1 aliphatic heterocycles. The highest BCUT2D eigenvalue weighted by Crippen LogP contribution is 2.21. The smallest absolute Gasteiger partial charge is 0.365 e. The first kappa shape index (κ1) is 12.8. The summed E-state index contributed by atoms with van der Waals surface area (Å²) in [6.07, 6.45) is 0. The van der Waals surface area contributed by atoms with Crippen LogP contribution in [0.1, 0.15) is 5.56 Å². The second kappa shape index (κ2) is 5.35. The van der Waals surface area contributed by atoms with Crippen LogP contribution in [0.3, 0.4) is 0 Å². The number of alkyl halides is 1. The summed E-state index contributed by atoms with van der Waals surface area (Å²) >= 11 is 3.35. The summed E-state index contributed by atoms with van der Waals surface area (Å²) in [5.41, 5.74) is 1.95. The molecule has 18 heavy (non-hydrogen) atoms. The highest BCUT2D eigenvalue weighted by Gasteiger charge is 2.27. The first-order chi connectivity index (χ1) is 8.63. The average Bonchev–Trinajstić information content (AvgIpc) is 2.73. The van der Waals surface area contributed by atoms with Gasteiger partial charge in [-0.2, -0.15) is 0 Å². The van der Waals surface area contributed by atoms with Crippen molar-refractivity contribution in [2.24, 2.45) is 4.99 Å². The van der Waals surface area contributed by atoms with Gasteiger partial charge >= 0.3 is 5.97 Å². The largest absolute Gasteiger partial charge is 0.402 e. The summed E-state index contributed by atoms with van der Waals surface area (Å²) in [6, 6.07) is 9.38. The van der Waals surface area contributed by atoms with Crippen LogP contribution in [-0.4, -0.2) is 36.2 Å². The molecule has 0 spiro atoms. The standard InChI is InChI=1S/C13H13BrN2O2/c1-16(2)10(8-14)11-13(17)18-12(15-11)9-6-4-3-5-7-9/h3-7H,8H2,1-2H3/b11-10-. The zero-order valence-electron chi connectivity index (χ0n) is 10.2. The van der Waals surface area contributed by atoms with Crippen molar-refractivity contribution in [3.63, 3.8) is 0 Å². The van der Waals surface area contributed by atoms with Crippen LogP contribution >= 0.6 is 15.9 Å². The van der Waals surface area contributed by atoms with Crippen molar-refractivity contribution < 1.29 is 9.53 Å². The Bertz CT molecular complexity index is 521. The van der Waals surface area contributed by atoms with Gasteiger partial charge < -0.3 is 9.64 Å². The second-order valence-corrected chi connectivity index (χ2v) is 4.56. The summed E-state index contributed by atoms with van der Waals surface area (Å²) in [5.74, 6) is -0.0482. The number of halogens is 1. The molecule has 0 amide bonds. The number of carbonyl (C=O) groups excluding carboxylic acids is 1. The summed E-state index contributed by atoms with van der Waals surface area (Å²) < 4.78 is 5.20. The fourth-order valence-electron chi connectivity index (χ4n) is 1.59. The van der Waals surface area contributed by atoms with Gasteiger partial charge in [0.25, 0.3) is 0 Å². The van der Waals surface area contributed by atoms with Gasteiger partial charge in [0.15, 0.2) is 5.70 Å². The number of allylic oxidation sites excluding steroid dienone is 1. The van der Waals surface area contributed by atoms with Crippen molar-refractivity contribution in [1.29, 1.82) is 0 Å². The van der Waals surface area contributed by atoms with Crippen molar-refractivity contribution in [3.05, 3.63) is 47.3 Å². The molecule has 1 aliphatic rings. The number of nitrogens with zero attached hydrogens (tertiary/aromatic N) is 2. The molecular weight excluding hydrogens is 296 g/mol. The molecular formula is C13H13BrN2O2. The van der Waals surface area contributed by atoms with E-state index in [-0.39, 0.29) is 0 Å². The van der Waals surface area contributed by atoms with Gasteiger partial charge in [-0.15, -0.1) is 0 Å². The zero-order chi connectivity index (χ0) is 13.1. The van der Waals surface area contributed by atoms with E-state index in [2.05, 4.69) is 20.9 Å². The van der Waals surface area contributed by atoms with E-state index in [4.69, 9.17) is 4.74 Å². The van der Waals surface area contributed by atoms with Crippen LogP contribution < -0.4 is 0 Å². The number of hydrogen-bond acceptors (Lipinski definition) is 4. The maximum absolute atomic E-state index is 11.8. The van der Waals surface area contributed by atoms with Crippen LogP contribution in [0.2, 0.25) is 0 Å². The first-order valence-corrected chi connectivity index (χ1v) is 6.58. The van der Waals surface area contributed by atoms with Gasteiger partial charge in [0.2, 0.25) is 5.90 Å². The van der Waals surface area contributed by atoms with Crippen molar-refractivity contribution in [2.75, 3.05) is 19.4 Å². The summed E-state index contributed by atoms with van der Waals surface area (Å²) in [7, 11) is 3.74. The molecule has 0 radical (unpaired) electrons. The number of aliphatic imine (C=N–C) groups is 1. The lowest BCUT2D eigenvalue weighted by Gasteiger charge is -2.14. The quantitative estimate of drug-likeness (QED) is 0.488. The summed E-state index contributed by atoms with van der Waals surface area (Å²) in [5, 5.41) is 0.552. The second-order valence-electron chi connectivity index (χ2n) is 4.00. The lowest BCUT2D eigenvalue weighted by atomic mass is 10.2. The lowest BCUT2D eigenvalue weighted by Crippen LogP contribution is -2.16. The van der Waals surface area contributed by atoms with Gasteiger partial charge in [-0.3, -0.25) is 0 Å². The van der Waals surface area contributed by atoms with Crippen LogP contribution in [0.4, 0.5) is 0 Å². The SMILES string of the molecule is CN(C)/C(CBr)=C1\N=C(c2ccccc2)OC1=O. The van der Waals surface area contributed by atoms with Gasteiger partial charge in [0.1, 0.15) is 0 Å². The molecule has 94 valence electrons. The average molecular weight is 309 g/mol. The minimum absolute atomic E-state index is 0.357. The number of rotatable bonds is 3. The first-order valence-electron chi connectivity index (χ1n) is 5.46. The van der Waals surface area contributed by atoms with Crippen molar-refractivity contribution in [1.82, 2.24) is 4.90 Å². The maximum atomic E-state index is 11.8. The van der Waals surface area contributed by atoms with E-state index in [9.17, 15) is 4.79 Å². The van der Waals surface area contributed by atoms with Crippen LogP contribution in [-0.2, 0) is 9.53 Å². The fraction of sp³-hybridized carbons (Fsp3) is 0.231. The Morgan fingerprint density at radius 2 is 2.00 bits per heavy atom. The molecule has 0 N–H and O–H groups in total. The highest BCUT2D eigenvalue weighted by molar-refractivity contribution is 9.09. The number of ether oxygens (including phenoxy) is 1. The molecule has 0 bridgehead atoms.